The van der Waals surface area contributed by atoms with Gasteiger partial charge in [-0.25, -0.2) is 0 Å². The largest absolute Gasteiger partial charge is 0.361 e. The number of nitrogens with one attached hydrogen (secondary N) is 3. The Bertz CT molecular complexity index is 1050. The van der Waals surface area contributed by atoms with Crippen LogP contribution in [0.15, 0.2) is 54.7 Å². The van der Waals surface area contributed by atoms with Crippen molar-refractivity contribution in [1.82, 2.24) is 15.6 Å². The number of H-pyrrole nitrogens is 1. The molecule has 3 rings (SSSR count). The van der Waals surface area contributed by atoms with Gasteiger partial charge in [-0.05, 0) is 30.2 Å². The Morgan fingerprint density at radius 3 is 2.40 bits per heavy atom. The topological polar surface area (TPSA) is 74.0 Å². The van der Waals surface area contributed by atoms with Crippen LogP contribution < -0.4 is 10.6 Å². The maximum absolute atomic E-state index is 12.7. The molecule has 0 spiro atoms. The molecule has 3 aromatic rings. The smallest absolute Gasteiger partial charge is 0.242 e. The van der Waals surface area contributed by atoms with E-state index in [0.717, 1.165) is 22.0 Å². The molecule has 2 aromatic carbocycles. The zero-order chi connectivity index (χ0) is 21.9. The molecule has 0 unspecified atom stereocenters. The molecule has 3 N–H and O–H groups in total. The first-order chi connectivity index (χ1) is 14.2. The summed E-state index contributed by atoms with van der Waals surface area (Å²) >= 11 is 6.50. The van der Waals surface area contributed by atoms with Crippen molar-refractivity contribution in [2.45, 2.75) is 39.7 Å². The van der Waals surface area contributed by atoms with Gasteiger partial charge in [0.1, 0.15) is 6.04 Å². The summed E-state index contributed by atoms with van der Waals surface area (Å²) in [6.45, 7) is 7.50. The van der Waals surface area contributed by atoms with Crippen molar-refractivity contribution in [2.75, 3.05) is 6.54 Å². The first kappa shape index (κ1) is 21.9. The fourth-order valence-corrected chi connectivity index (χ4v) is 3.63. The highest BCUT2D eigenvalue weighted by atomic mass is 35.5. The van der Waals surface area contributed by atoms with Crippen LogP contribution in [0.1, 0.15) is 44.7 Å². The van der Waals surface area contributed by atoms with Crippen molar-refractivity contribution in [1.29, 1.82) is 0 Å². The fraction of sp³-hybridized carbons (Fsp3) is 0.333. The Hall–Kier alpha value is -2.79. The second kappa shape index (κ2) is 8.92. The monoisotopic (exact) mass is 425 g/mol. The fourth-order valence-electron chi connectivity index (χ4n) is 3.36. The van der Waals surface area contributed by atoms with E-state index in [-0.39, 0.29) is 17.7 Å². The van der Waals surface area contributed by atoms with E-state index in [9.17, 15) is 9.59 Å². The maximum atomic E-state index is 12.7. The summed E-state index contributed by atoms with van der Waals surface area (Å²) in [5, 5.41) is 7.51. The molecule has 1 aromatic heterocycles. The van der Waals surface area contributed by atoms with E-state index in [4.69, 9.17) is 11.6 Å². The van der Waals surface area contributed by atoms with Crippen LogP contribution in [-0.2, 0) is 9.59 Å². The van der Waals surface area contributed by atoms with Crippen LogP contribution in [-0.4, -0.2) is 29.4 Å². The molecule has 2 amide bonds. The van der Waals surface area contributed by atoms with Crippen molar-refractivity contribution in [3.05, 3.63) is 70.9 Å². The van der Waals surface area contributed by atoms with E-state index in [1.54, 1.807) is 6.92 Å². The van der Waals surface area contributed by atoms with Gasteiger partial charge in [-0.2, -0.15) is 0 Å². The number of halogens is 1. The molecule has 0 radical (unpaired) electrons. The lowest BCUT2D eigenvalue weighted by molar-refractivity contribution is -0.133. The van der Waals surface area contributed by atoms with Crippen LogP contribution in [0.5, 0.6) is 0 Å². The van der Waals surface area contributed by atoms with Crippen LogP contribution in [0.3, 0.4) is 0 Å². The molecule has 158 valence electrons. The van der Waals surface area contributed by atoms with E-state index < -0.39 is 11.5 Å². The van der Waals surface area contributed by atoms with Gasteiger partial charge in [0.2, 0.25) is 11.8 Å². The van der Waals surface area contributed by atoms with Gasteiger partial charge in [0.05, 0.1) is 0 Å². The molecule has 30 heavy (non-hydrogen) atoms. The lowest BCUT2D eigenvalue weighted by Crippen LogP contribution is -2.48. The molecule has 5 nitrogen and oxygen atoms in total. The van der Waals surface area contributed by atoms with Gasteiger partial charge in [0.25, 0.3) is 0 Å². The molecule has 0 bridgehead atoms. The standard InChI is InChI=1S/C24H28ClN3O2/c1-15(28-23(30)24(2,3)4)22(29)27-14-18(16-9-5-7-11-20(16)25)19-13-26-21-12-8-6-10-17(19)21/h5-13,15,18,26H,14H2,1-4H3,(H,27,29)(H,28,30)/t15-,18+/m0/s1. The Labute approximate surface area is 182 Å². The molecular formula is C24H28ClN3O2. The number of rotatable bonds is 6. The molecule has 0 saturated carbocycles. The van der Waals surface area contributed by atoms with Crippen molar-refractivity contribution in [2.24, 2.45) is 5.41 Å². The van der Waals surface area contributed by atoms with Crippen LogP contribution in [0, 0.1) is 5.41 Å². The van der Waals surface area contributed by atoms with E-state index >= 15 is 0 Å². The number of hydrogen-bond acceptors (Lipinski definition) is 2. The number of hydrogen-bond donors (Lipinski definition) is 3. The zero-order valence-corrected chi connectivity index (χ0v) is 18.5. The number of fused-ring (bicyclic) bond motifs is 1. The minimum Gasteiger partial charge on any atom is -0.361 e. The highest BCUT2D eigenvalue weighted by Gasteiger charge is 2.26. The van der Waals surface area contributed by atoms with E-state index in [0.29, 0.717) is 11.6 Å². The summed E-state index contributed by atoms with van der Waals surface area (Å²) in [4.78, 5) is 28.2. The van der Waals surface area contributed by atoms with Crippen molar-refractivity contribution < 1.29 is 9.59 Å². The predicted octanol–water partition coefficient (Wildman–Crippen LogP) is 4.62. The number of benzene rings is 2. The second-order valence-corrected chi connectivity index (χ2v) is 8.96. The highest BCUT2D eigenvalue weighted by Crippen LogP contribution is 2.34. The lowest BCUT2D eigenvalue weighted by atomic mass is 9.90. The van der Waals surface area contributed by atoms with Crippen molar-refractivity contribution in [3.63, 3.8) is 0 Å². The second-order valence-electron chi connectivity index (χ2n) is 8.55. The quantitative estimate of drug-likeness (QED) is 0.539. The summed E-state index contributed by atoms with van der Waals surface area (Å²) in [7, 11) is 0. The van der Waals surface area contributed by atoms with E-state index in [1.165, 1.54) is 0 Å². The third kappa shape index (κ3) is 4.85. The molecule has 0 aliphatic heterocycles. The predicted molar refractivity (Wildman–Crippen MR) is 122 cm³/mol. The minimum atomic E-state index is -0.633. The van der Waals surface area contributed by atoms with Gasteiger partial charge in [0.15, 0.2) is 0 Å². The number of aromatic amines is 1. The van der Waals surface area contributed by atoms with Gasteiger partial charge in [0, 0.05) is 40.0 Å². The minimum absolute atomic E-state index is 0.135. The Balaban J connectivity index is 1.83. The van der Waals surface area contributed by atoms with Crippen molar-refractivity contribution >= 4 is 34.3 Å². The van der Waals surface area contributed by atoms with Gasteiger partial charge in [-0.15, -0.1) is 0 Å². The molecule has 0 aliphatic carbocycles. The maximum Gasteiger partial charge on any atom is 0.242 e. The van der Waals surface area contributed by atoms with Crippen LogP contribution in [0.2, 0.25) is 5.02 Å². The van der Waals surface area contributed by atoms with E-state index in [1.807, 2.05) is 69.4 Å². The normalized spacial score (nSPS) is 13.6. The first-order valence-corrected chi connectivity index (χ1v) is 10.5. The molecule has 0 saturated heterocycles. The van der Waals surface area contributed by atoms with Gasteiger partial charge in [-0.1, -0.05) is 68.8 Å². The van der Waals surface area contributed by atoms with Crippen LogP contribution in [0.25, 0.3) is 10.9 Å². The SMILES string of the molecule is C[C@H](NC(=O)C(C)(C)C)C(=O)NC[C@H](c1ccccc1Cl)c1c[nH]c2ccccc12. The van der Waals surface area contributed by atoms with Crippen LogP contribution in [0.4, 0.5) is 0 Å². The number of para-hydroxylation sites is 1. The Morgan fingerprint density at radius 1 is 1.03 bits per heavy atom. The van der Waals surface area contributed by atoms with Gasteiger partial charge >= 0.3 is 0 Å². The third-order valence-electron chi connectivity index (χ3n) is 5.18. The Kier molecular flexibility index (Phi) is 6.52. The summed E-state index contributed by atoms with van der Waals surface area (Å²) in [5.41, 5.74) is 2.47. The third-order valence-corrected chi connectivity index (χ3v) is 5.52. The first-order valence-electron chi connectivity index (χ1n) is 10.1. The van der Waals surface area contributed by atoms with E-state index in [2.05, 4.69) is 21.7 Å². The molecule has 0 fully saturated rings. The molecule has 0 aliphatic rings. The average molecular weight is 426 g/mol. The number of carbonyl (C=O) groups excluding carboxylic acids is 2. The number of amides is 2. The highest BCUT2D eigenvalue weighted by molar-refractivity contribution is 6.31. The summed E-state index contributed by atoms with van der Waals surface area (Å²) in [5.74, 6) is -0.529. The van der Waals surface area contributed by atoms with Crippen molar-refractivity contribution in [3.8, 4) is 0 Å². The Morgan fingerprint density at radius 2 is 1.70 bits per heavy atom. The van der Waals surface area contributed by atoms with Gasteiger partial charge < -0.3 is 15.6 Å². The number of carbonyl (C=O) groups is 2. The average Bonchev–Trinajstić information content (AvgIpc) is 3.12. The molecule has 1 heterocycles. The lowest BCUT2D eigenvalue weighted by Gasteiger charge is -2.23. The van der Waals surface area contributed by atoms with Gasteiger partial charge in [-0.3, -0.25) is 9.59 Å². The zero-order valence-electron chi connectivity index (χ0n) is 17.8. The summed E-state index contributed by atoms with van der Waals surface area (Å²) in [6.07, 6.45) is 1.97. The summed E-state index contributed by atoms with van der Waals surface area (Å²) in [6, 6.07) is 15.1. The van der Waals surface area contributed by atoms with Crippen LogP contribution >= 0.6 is 11.6 Å². The number of aromatic nitrogens is 1. The molecule has 2 atom stereocenters. The molecular weight excluding hydrogens is 398 g/mol. The summed E-state index contributed by atoms with van der Waals surface area (Å²) < 4.78 is 0. The molecule has 6 heteroatoms.